The average Bonchev–Trinajstić information content (AvgIpc) is 2.78. The van der Waals surface area contributed by atoms with Gasteiger partial charge in [-0.05, 0) is 18.9 Å². The van der Waals surface area contributed by atoms with Gasteiger partial charge in [-0.1, -0.05) is 31.0 Å². The van der Waals surface area contributed by atoms with Crippen molar-refractivity contribution in [2.24, 2.45) is 10.6 Å². The minimum Gasteiger partial charge on any atom is -0.376 e. The summed E-state index contributed by atoms with van der Waals surface area (Å²) >= 11 is 0. The van der Waals surface area contributed by atoms with E-state index in [1.54, 1.807) is 18.2 Å². The molecular formula is C14H20FNO3S. The fraction of sp³-hybridized carbons (Fsp3) is 0.571. The van der Waals surface area contributed by atoms with Crippen LogP contribution in [0.1, 0.15) is 31.2 Å². The van der Waals surface area contributed by atoms with E-state index in [9.17, 15) is 12.8 Å². The molecule has 6 heteroatoms. The first-order chi connectivity index (χ1) is 9.40. The van der Waals surface area contributed by atoms with Crippen molar-refractivity contribution in [2.45, 2.75) is 32.3 Å². The highest BCUT2D eigenvalue weighted by Crippen LogP contribution is 2.39. The Labute approximate surface area is 119 Å². The van der Waals surface area contributed by atoms with Crippen molar-refractivity contribution in [1.29, 1.82) is 0 Å². The third-order valence-electron chi connectivity index (χ3n) is 3.80. The zero-order chi connectivity index (χ0) is 14.6. The van der Waals surface area contributed by atoms with Gasteiger partial charge in [0.25, 0.3) is 0 Å². The van der Waals surface area contributed by atoms with Crippen molar-refractivity contribution in [3.63, 3.8) is 0 Å². The summed E-state index contributed by atoms with van der Waals surface area (Å²) in [6.45, 7) is 0.455. The molecule has 4 nitrogen and oxygen atoms in total. The van der Waals surface area contributed by atoms with E-state index in [1.807, 2.05) is 0 Å². The molecule has 0 radical (unpaired) electrons. The van der Waals surface area contributed by atoms with E-state index in [-0.39, 0.29) is 18.2 Å². The highest BCUT2D eigenvalue weighted by Gasteiger charge is 2.37. The molecule has 20 heavy (non-hydrogen) atoms. The lowest BCUT2D eigenvalue weighted by Gasteiger charge is -2.27. The minimum absolute atomic E-state index is 0.0583. The highest BCUT2D eigenvalue weighted by molar-refractivity contribution is 7.89. The van der Waals surface area contributed by atoms with E-state index >= 15 is 0 Å². The molecule has 2 N–H and O–H groups in total. The summed E-state index contributed by atoms with van der Waals surface area (Å²) in [5.41, 5.74) is 0.0787. The number of primary sulfonamides is 1. The van der Waals surface area contributed by atoms with Gasteiger partial charge in [0.15, 0.2) is 0 Å². The van der Waals surface area contributed by atoms with E-state index in [2.05, 4.69) is 0 Å². The molecule has 0 amide bonds. The molecule has 1 aromatic carbocycles. The van der Waals surface area contributed by atoms with Crippen LogP contribution >= 0.6 is 0 Å². The number of sulfonamides is 1. The van der Waals surface area contributed by atoms with Gasteiger partial charge in [-0.25, -0.2) is 17.9 Å². The number of hydrogen-bond acceptors (Lipinski definition) is 3. The lowest BCUT2D eigenvalue weighted by molar-refractivity contribution is 0.0458. The second kappa shape index (κ2) is 6.20. The summed E-state index contributed by atoms with van der Waals surface area (Å²) in [7, 11) is -3.52. The largest absolute Gasteiger partial charge is 0.376 e. The fourth-order valence-corrected chi connectivity index (χ4v) is 4.10. The van der Waals surface area contributed by atoms with Crippen LogP contribution in [0.3, 0.4) is 0 Å². The standard InChI is InChI=1S/C14H20FNO3S/c15-13-6-2-1-5-12(13)9-19-10-14(7-3-4-8-14)11-20(16,17)18/h1-2,5-6H,3-4,7-11H2,(H2,16,17,18). The van der Waals surface area contributed by atoms with Crippen molar-refractivity contribution in [1.82, 2.24) is 0 Å². The van der Waals surface area contributed by atoms with Gasteiger partial charge in [-0.3, -0.25) is 0 Å². The van der Waals surface area contributed by atoms with Gasteiger partial charge in [0, 0.05) is 11.0 Å². The van der Waals surface area contributed by atoms with E-state index in [0.717, 1.165) is 25.7 Å². The maximum atomic E-state index is 13.5. The maximum Gasteiger partial charge on any atom is 0.209 e. The van der Waals surface area contributed by atoms with Crippen molar-refractivity contribution in [3.8, 4) is 0 Å². The summed E-state index contributed by atoms with van der Waals surface area (Å²) in [6, 6.07) is 6.42. The quantitative estimate of drug-likeness (QED) is 0.875. The highest BCUT2D eigenvalue weighted by atomic mass is 32.2. The summed E-state index contributed by atoms with van der Waals surface area (Å²) in [4.78, 5) is 0. The molecule has 1 aromatic rings. The monoisotopic (exact) mass is 301 g/mol. The van der Waals surface area contributed by atoms with Gasteiger partial charge in [0.2, 0.25) is 10.0 Å². The van der Waals surface area contributed by atoms with Gasteiger partial charge in [-0.2, -0.15) is 0 Å². The van der Waals surface area contributed by atoms with Gasteiger partial charge in [0.1, 0.15) is 5.82 Å². The molecule has 0 saturated heterocycles. The molecule has 0 heterocycles. The number of nitrogens with two attached hydrogens (primary N) is 1. The number of ether oxygens (including phenoxy) is 1. The molecule has 0 unspecified atom stereocenters. The third kappa shape index (κ3) is 4.26. The first kappa shape index (κ1) is 15.4. The maximum absolute atomic E-state index is 13.5. The van der Waals surface area contributed by atoms with E-state index in [4.69, 9.17) is 9.88 Å². The summed E-state index contributed by atoms with van der Waals surface area (Å²) in [5.74, 6) is -0.364. The molecule has 1 aliphatic rings. The van der Waals surface area contributed by atoms with E-state index < -0.39 is 15.4 Å². The molecule has 112 valence electrons. The molecule has 1 saturated carbocycles. The van der Waals surface area contributed by atoms with Crippen molar-refractivity contribution in [2.75, 3.05) is 12.4 Å². The lowest BCUT2D eigenvalue weighted by Crippen LogP contribution is -2.35. The Morgan fingerprint density at radius 2 is 1.90 bits per heavy atom. The summed E-state index contributed by atoms with van der Waals surface area (Å²) in [5, 5.41) is 5.16. The van der Waals surface area contributed by atoms with Crippen LogP contribution in [0.4, 0.5) is 4.39 Å². The average molecular weight is 301 g/mol. The van der Waals surface area contributed by atoms with Crippen LogP contribution in [-0.2, 0) is 21.4 Å². The lowest BCUT2D eigenvalue weighted by atomic mass is 9.90. The third-order valence-corrected chi connectivity index (χ3v) is 4.81. The molecule has 1 fully saturated rings. The van der Waals surface area contributed by atoms with Crippen LogP contribution in [0.5, 0.6) is 0 Å². The fourth-order valence-electron chi connectivity index (χ4n) is 2.88. The first-order valence-corrected chi connectivity index (χ1v) is 8.43. The van der Waals surface area contributed by atoms with Crippen LogP contribution in [0.2, 0.25) is 0 Å². The summed E-state index contributed by atoms with van der Waals surface area (Å²) in [6.07, 6.45) is 3.55. The van der Waals surface area contributed by atoms with Gasteiger partial charge in [-0.15, -0.1) is 0 Å². The minimum atomic E-state index is -3.52. The Balaban J connectivity index is 1.95. The van der Waals surface area contributed by atoms with Gasteiger partial charge < -0.3 is 4.74 Å². The Morgan fingerprint density at radius 1 is 1.25 bits per heavy atom. The van der Waals surface area contributed by atoms with E-state index in [1.165, 1.54) is 6.07 Å². The van der Waals surface area contributed by atoms with Crippen LogP contribution in [0.25, 0.3) is 0 Å². The predicted octanol–water partition coefficient (Wildman–Crippen LogP) is 2.19. The number of hydrogen-bond donors (Lipinski definition) is 1. The Kier molecular flexibility index (Phi) is 4.78. The van der Waals surface area contributed by atoms with Crippen molar-refractivity contribution in [3.05, 3.63) is 35.6 Å². The van der Waals surface area contributed by atoms with Crippen molar-refractivity contribution < 1.29 is 17.5 Å². The van der Waals surface area contributed by atoms with Crippen LogP contribution in [0, 0.1) is 11.2 Å². The Bertz CT molecular complexity index is 553. The van der Waals surface area contributed by atoms with Crippen LogP contribution in [-0.4, -0.2) is 20.8 Å². The SMILES string of the molecule is NS(=O)(=O)CC1(COCc2ccccc2F)CCCC1. The zero-order valence-corrected chi connectivity index (χ0v) is 12.2. The molecule has 0 aliphatic heterocycles. The normalized spacial score (nSPS) is 18.3. The van der Waals surface area contributed by atoms with Gasteiger partial charge in [0.05, 0.1) is 19.0 Å². The van der Waals surface area contributed by atoms with Crippen molar-refractivity contribution >= 4 is 10.0 Å². The first-order valence-electron chi connectivity index (χ1n) is 6.72. The second-order valence-corrected chi connectivity index (χ2v) is 7.21. The smallest absolute Gasteiger partial charge is 0.209 e. The summed E-state index contributed by atoms with van der Waals surface area (Å²) < 4.78 is 41.7. The molecule has 2 rings (SSSR count). The number of halogens is 1. The molecular weight excluding hydrogens is 281 g/mol. The molecule has 0 aromatic heterocycles. The van der Waals surface area contributed by atoms with Crippen LogP contribution < -0.4 is 5.14 Å². The van der Waals surface area contributed by atoms with Gasteiger partial charge >= 0.3 is 0 Å². The Hall–Kier alpha value is -0.980. The molecule has 0 atom stereocenters. The zero-order valence-electron chi connectivity index (χ0n) is 11.3. The van der Waals surface area contributed by atoms with E-state index in [0.29, 0.717) is 12.2 Å². The number of rotatable bonds is 6. The molecule has 1 aliphatic carbocycles. The Morgan fingerprint density at radius 3 is 2.50 bits per heavy atom. The topological polar surface area (TPSA) is 69.4 Å². The molecule has 0 bridgehead atoms. The number of benzene rings is 1. The second-order valence-electron chi connectivity index (χ2n) is 5.60. The predicted molar refractivity (Wildman–Crippen MR) is 74.9 cm³/mol. The van der Waals surface area contributed by atoms with Crippen LogP contribution in [0.15, 0.2) is 24.3 Å². The molecule has 0 spiro atoms.